The highest BCUT2D eigenvalue weighted by Crippen LogP contribution is 2.22. The first kappa shape index (κ1) is 21.2. The standard InChI is InChI=1S/C20H29BrFNO3/c1-2-3-13-26-20(24)23-11-5-4-7-18(23)8-6-12-25-15-16-14-17(21)9-10-19(16)22/h9-10,14,18H,2-8,11-13,15H2,1H3. The van der Waals surface area contributed by atoms with Crippen molar-refractivity contribution < 1.29 is 18.7 Å². The topological polar surface area (TPSA) is 38.8 Å². The molecule has 0 radical (unpaired) electrons. The van der Waals surface area contributed by atoms with Gasteiger partial charge in [-0.05, 0) is 56.7 Å². The van der Waals surface area contributed by atoms with Crippen LogP contribution in [0.2, 0.25) is 0 Å². The Hall–Kier alpha value is -1.14. The largest absolute Gasteiger partial charge is 0.449 e. The average molecular weight is 430 g/mol. The number of rotatable bonds is 9. The highest BCUT2D eigenvalue weighted by atomic mass is 79.9. The number of carbonyl (C=O) groups excluding carboxylic acids is 1. The lowest BCUT2D eigenvalue weighted by molar-refractivity contribution is 0.0629. The molecule has 2 rings (SSSR count). The number of ether oxygens (including phenoxy) is 2. The summed E-state index contributed by atoms with van der Waals surface area (Å²) in [5.41, 5.74) is 0.554. The molecular weight excluding hydrogens is 401 g/mol. The number of likely N-dealkylation sites (tertiary alicyclic amines) is 1. The summed E-state index contributed by atoms with van der Waals surface area (Å²) in [7, 11) is 0. The minimum absolute atomic E-state index is 0.180. The molecule has 1 amide bonds. The van der Waals surface area contributed by atoms with E-state index >= 15 is 0 Å². The zero-order valence-corrected chi connectivity index (χ0v) is 17.1. The van der Waals surface area contributed by atoms with Crippen LogP contribution in [-0.4, -0.2) is 36.8 Å². The molecule has 0 aliphatic carbocycles. The van der Waals surface area contributed by atoms with Crippen molar-refractivity contribution >= 4 is 22.0 Å². The molecule has 1 atom stereocenters. The van der Waals surface area contributed by atoms with Crippen LogP contribution in [0, 0.1) is 5.82 Å². The maximum Gasteiger partial charge on any atom is 0.410 e. The molecule has 1 heterocycles. The van der Waals surface area contributed by atoms with E-state index in [1.165, 1.54) is 6.07 Å². The van der Waals surface area contributed by atoms with Crippen LogP contribution in [0.3, 0.4) is 0 Å². The van der Waals surface area contributed by atoms with E-state index in [9.17, 15) is 9.18 Å². The van der Waals surface area contributed by atoms with Gasteiger partial charge in [0.05, 0.1) is 13.2 Å². The number of piperidine rings is 1. The maximum absolute atomic E-state index is 13.7. The number of benzene rings is 1. The molecule has 0 saturated carbocycles. The molecule has 4 nitrogen and oxygen atoms in total. The normalized spacial score (nSPS) is 17.3. The summed E-state index contributed by atoms with van der Waals surface area (Å²) in [4.78, 5) is 14.1. The van der Waals surface area contributed by atoms with Crippen molar-refractivity contribution in [3.63, 3.8) is 0 Å². The van der Waals surface area contributed by atoms with Crippen molar-refractivity contribution in [2.45, 2.75) is 64.5 Å². The van der Waals surface area contributed by atoms with Crippen molar-refractivity contribution in [1.29, 1.82) is 0 Å². The molecule has 1 aromatic rings. The maximum atomic E-state index is 13.7. The molecule has 0 aromatic heterocycles. The van der Waals surface area contributed by atoms with Crippen LogP contribution in [0.4, 0.5) is 9.18 Å². The number of hydrogen-bond donors (Lipinski definition) is 0. The SMILES string of the molecule is CCCCOC(=O)N1CCCCC1CCCOCc1cc(Br)ccc1F. The minimum Gasteiger partial charge on any atom is -0.449 e. The summed E-state index contributed by atoms with van der Waals surface area (Å²) in [6.07, 6.45) is 6.69. The van der Waals surface area contributed by atoms with Gasteiger partial charge in [-0.3, -0.25) is 0 Å². The molecule has 26 heavy (non-hydrogen) atoms. The van der Waals surface area contributed by atoms with E-state index in [-0.39, 0.29) is 24.6 Å². The quantitative estimate of drug-likeness (QED) is 0.474. The van der Waals surface area contributed by atoms with Gasteiger partial charge in [0.15, 0.2) is 0 Å². The van der Waals surface area contributed by atoms with Crippen molar-refractivity contribution in [2.75, 3.05) is 19.8 Å². The lowest BCUT2D eigenvalue weighted by Crippen LogP contribution is -2.44. The van der Waals surface area contributed by atoms with Crippen LogP contribution in [0.15, 0.2) is 22.7 Å². The van der Waals surface area contributed by atoms with Gasteiger partial charge in [0.2, 0.25) is 0 Å². The molecule has 1 aliphatic rings. The third-order valence-electron chi connectivity index (χ3n) is 4.68. The highest BCUT2D eigenvalue weighted by Gasteiger charge is 2.27. The Kier molecular flexibility index (Phi) is 9.40. The number of nitrogens with zero attached hydrogens (tertiary/aromatic N) is 1. The summed E-state index contributed by atoms with van der Waals surface area (Å²) in [6.45, 7) is 4.18. The van der Waals surface area contributed by atoms with Gasteiger partial charge in [-0.2, -0.15) is 0 Å². The molecule has 1 fully saturated rings. The predicted molar refractivity (Wildman–Crippen MR) is 104 cm³/mol. The monoisotopic (exact) mass is 429 g/mol. The lowest BCUT2D eigenvalue weighted by atomic mass is 9.98. The second kappa shape index (κ2) is 11.5. The zero-order valence-electron chi connectivity index (χ0n) is 15.5. The van der Waals surface area contributed by atoms with Crippen LogP contribution in [0.5, 0.6) is 0 Å². The van der Waals surface area contributed by atoms with Crippen molar-refractivity contribution in [3.8, 4) is 0 Å². The van der Waals surface area contributed by atoms with Crippen LogP contribution < -0.4 is 0 Å². The summed E-state index contributed by atoms with van der Waals surface area (Å²) in [6, 6.07) is 5.08. The van der Waals surface area contributed by atoms with E-state index in [2.05, 4.69) is 22.9 Å². The Morgan fingerprint density at radius 1 is 1.31 bits per heavy atom. The van der Waals surface area contributed by atoms with Gasteiger partial charge in [0.1, 0.15) is 5.82 Å². The Labute approximate surface area is 164 Å². The molecule has 146 valence electrons. The van der Waals surface area contributed by atoms with Gasteiger partial charge < -0.3 is 14.4 Å². The summed E-state index contributed by atoms with van der Waals surface area (Å²) in [5, 5.41) is 0. The average Bonchev–Trinajstić information content (AvgIpc) is 2.64. The molecular formula is C20H29BrFNO3. The molecule has 0 spiro atoms. The first-order valence-corrected chi connectivity index (χ1v) is 10.4. The molecule has 1 saturated heterocycles. The molecule has 1 aromatic carbocycles. The number of unbranched alkanes of at least 4 members (excludes halogenated alkanes) is 1. The minimum atomic E-state index is -0.249. The Morgan fingerprint density at radius 2 is 2.15 bits per heavy atom. The third-order valence-corrected chi connectivity index (χ3v) is 5.17. The van der Waals surface area contributed by atoms with E-state index in [1.807, 2.05) is 4.90 Å². The van der Waals surface area contributed by atoms with Gasteiger partial charge in [-0.1, -0.05) is 29.3 Å². The number of halogens is 2. The van der Waals surface area contributed by atoms with Crippen LogP contribution in [0.1, 0.15) is 57.4 Å². The molecule has 1 aliphatic heterocycles. The Bertz CT molecular complexity index is 570. The summed E-state index contributed by atoms with van der Waals surface area (Å²) >= 11 is 3.34. The van der Waals surface area contributed by atoms with Crippen molar-refractivity contribution in [2.24, 2.45) is 0 Å². The number of carbonyl (C=O) groups is 1. The lowest BCUT2D eigenvalue weighted by Gasteiger charge is -2.35. The third kappa shape index (κ3) is 6.88. The Balaban J connectivity index is 1.71. The van der Waals surface area contributed by atoms with Gasteiger partial charge in [0, 0.05) is 29.2 Å². The van der Waals surface area contributed by atoms with E-state index in [0.29, 0.717) is 18.8 Å². The molecule has 0 N–H and O–H groups in total. The van der Waals surface area contributed by atoms with E-state index < -0.39 is 0 Å². The molecule has 6 heteroatoms. The van der Waals surface area contributed by atoms with Crippen LogP contribution in [-0.2, 0) is 16.1 Å². The second-order valence-corrected chi connectivity index (χ2v) is 7.66. The molecule has 1 unspecified atom stereocenters. The number of hydrogen-bond acceptors (Lipinski definition) is 3. The molecule has 0 bridgehead atoms. The van der Waals surface area contributed by atoms with Gasteiger partial charge >= 0.3 is 6.09 Å². The highest BCUT2D eigenvalue weighted by molar-refractivity contribution is 9.10. The van der Waals surface area contributed by atoms with E-state index in [1.54, 1.807) is 12.1 Å². The fourth-order valence-corrected chi connectivity index (χ4v) is 3.59. The van der Waals surface area contributed by atoms with E-state index in [4.69, 9.17) is 9.47 Å². The smallest absolute Gasteiger partial charge is 0.410 e. The van der Waals surface area contributed by atoms with Gasteiger partial charge in [-0.15, -0.1) is 0 Å². The fraction of sp³-hybridized carbons (Fsp3) is 0.650. The van der Waals surface area contributed by atoms with E-state index in [0.717, 1.165) is 56.0 Å². The second-order valence-electron chi connectivity index (χ2n) is 6.74. The first-order valence-electron chi connectivity index (χ1n) is 9.57. The van der Waals surface area contributed by atoms with Gasteiger partial charge in [-0.25, -0.2) is 9.18 Å². The van der Waals surface area contributed by atoms with Gasteiger partial charge in [0.25, 0.3) is 0 Å². The summed E-state index contributed by atoms with van der Waals surface area (Å²) in [5.74, 6) is -0.249. The summed E-state index contributed by atoms with van der Waals surface area (Å²) < 4.78 is 25.5. The zero-order chi connectivity index (χ0) is 18.8. The van der Waals surface area contributed by atoms with Crippen molar-refractivity contribution in [3.05, 3.63) is 34.1 Å². The first-order chi connectivity index (χ1) is 12.6. The van der Waals surface area contributed by atoms with Crippen molar-refractivity contribution in [1.82, 2.24) is 4.90 Å². The van der Waals surface area contributed by atoms with Crippen LogP contribution >= 0.6 is 15.9 Å². The number of amides is 1. The van der Waals surface area contributed by atoms with Crippen LogP contribution in [0.25, 0.3) is 0 Å². The fourth-order valence-electron chi connectivity index (χ4n) is 3.18. The Morgan fingerprint density at radius 3 is 2.96 bits per heavy atom. The predicted octanol–water partition coefficient (Wildman–Crippen LogP) is 5.68.